The van der Waals surface area contributed by atoms with E-state index < -0.39 is 0 Å². The Morgan fingerprint density at radius 1 is 1.13 bits per heavy atom. The van der Waals surface area contributed by atoms with Crippen LogP contribution in [0, 0.1) is 11.8 Å². The summed E-state index contributed by atoms with van der Waals surface area (Å²) in [5.74, 6) is 1.79. The summed E-state index contributed by atoms with van der Waals surface area (Å²) >= 11 is 0. The topological polar surface area (TPSA) is 76.7 Å². The molecule has 2 amide bonds. The maximum absolute atomic E-state index is 12.6. The summed E-state index contributed by atoms with van der Waals surface area (Å²) in [5.41, 5.74) is 2.16. The summed E-state index contributed by atoms with van der Waals surface area (Å²) < 4.78 is 11.1. The van der Waals surface area contributed by atoms with Crippen LogP contribution >= 0.6 is 0 Å². The first-order valence-corrected chi connectivity index (χ1v) is 10.5. The summed E-state index contributed by atoms with van der Waals surface area (Å²) in [5, 5.41) is 5.90. The second kappa shape index (κ2) is 9.65. The van der Waals surface area contributed by atoms with Gasteiger partial charge < -0.3 is 20.1 Å². The van der Waals surface area contributed by atoms with Gasteiger partial charge in [0.1, 0.15) is 0 Å². The standard InChI is InChI=1S/C24H30N2O4/c1-5-12-30-21-11-8-18(14-22(21)29-4)16(3)25-23(27)17-6-9-19(10-7-17)26-24(28)20-13-15(20)2/h6-11,14-16,20H,5,12-13H2,1-4H3,(H,25,27)(H,26,28). The van der Waals surface area contributed by atoms with E-state index in [1.54, 1.807) is 31.4 Å². The van der Waals surface area contributed by atoms with E-state index in [1.807, 2.05) is 32.0 Å². The Morgan fingerprint density at radius 2 is 1.83 bits per heavy atom. The molecule has 0 aromatic heterocycles. The van der Waals surface area contributed by atoms with E-state index in [0.29, 0.717) is 35.3 Å². The average Bonchev–Trinajstić information content (AvgIpc) is 3.49. The second-order valence-corrected chi connectivity index (χ2v) is 7.84. The second-order valence-electron chi connectivity index (χ2n) is 7.84. The number of carbonyl (C=O) groups is 2. The highest BCUT2D eigenvalue weighted by atomic mass is 16.5. The van der Waals surface area contributed by atoms with Gasteiger partial charge in [-0.15, -0.1) is 0 Å². The average molecular weight is 411 g/mol. The number of amides is 2. The number of carbonyl (C=O) groups excluding carboxylic acids is 2. The Labute approximate surface area is 178 Å². The van der Waals surface area contributed by atoms with Crippen LogP contribution in [0.3, 0.4) is 0 Å². The third-order valence-corrected chi connectivity index (χ3v) is 5.36. The largest absolute Gasteiger partial charge is 0.493 e. The Morgan fingerprint density at radius 3 is 2.43 bits per heavy atom. The number of hydrogen-bond acceptors (Lipinski definition) is 4. The number of nitrogens with one attached hydrogen (secondary N) is 2. The molecule has 2 aromatic rings. The fourth-order valence-electron chi connectivity index (χ4n) is 3.28. The molecule has 3 atom stereocenters. The molecule has 6 heteroatoms. The lowest BCUT2D eigenvalue weighted by molar-refractivity contribution is -0.117. The zero-order valence-electron chi connectivity index (χ0n) is 18.0. The molecular weight excluding hydrogens is 380 g/mol. The normalized spacial score (nSPS) is 18.3. The van der Waals surface area contributed by atoms with Crippen molar-refractivity contribution < 1.29 is 19.1 Å². The van der Waals surface area contributed by atoms with E-state index in [2.05, 4.69) is 17.6 Å². The molecule has 0 radical (unpaired) electrons. The van der Waals surface area contributed by atoms with Crippen molar-refractivity contribution in [1.82, 2.24) is 5.32 Å². The lowest BCUT2D eigenvalue weighted by atomic mass is 10.1. The minimum absolute atomic E-state index is 0.0497. The number of methoxy groups -OCH3 is 1. The van der Waals surface area contributed by atoms with Crippen molar-refractivity contribution in [3.05, 3.63) is 53.6 Å². The van der Waals surface area contributed by atoms with Gasteiger partial charge in [-0.1, -0.05) is 19.9 Å². The molecule has 160 valence electrons. The highest BCUT2D eigenvalue weighted by molar-refractivity contribution is 5.97. The highest BCUT2D eigenvalue weighted by Gasteiger charge is 2.39. The van der Waals surface area contributed by atoms with Gasteiger partial charge in [0, 0.05) is 17.2 Å². The molecule has 1 saturated carbocycles. The van der Waals surface area contributed by atoms with E-state index >= 15 is 0 Å². The monoisotopic (exact) mass is 410 g/mol. The zero-order chi connectivity index (χ0) is 21.7. The van der Waals surface area contributed by atoms with Gasteiger partial charge in [0.25, 0.3) is 5.91 Å². The predicted octanol–water partition coefficient (Wildman–Crippen LogP) is 4.57. The highest BCUT2D eigenvalue weighted by Crippen LogP contribution is 2.38. The van der Waals surface area contributed by atoms with Crippen molar-refractivity contribution in [2.75, 3.05) is 19.0 Å². The van der Waals surface area contributed by atoms with E-state index in [4.69, 9.17) is 9.47 Å². The molecule has 3 unspecified atom stereocenters. The van der Waals surface area contributed by atoms with Gasteiger partial charge in [0.05, 0.1) is 19.8 Å². The summed E-state index contributed by atoms with van der Waals surface area (Å²) in [6.45, 7) is 6.66. The smallest absolute Gasteiger partial charge is 0.251 e. The molecule has 0 spiro atoms. The van der Waals surface area contributed by atoms with Gasteiger partial charge in [-0.3, -0.25) is 9.59 Å². The van der Waals surface area contributed by atoms with Gasteiger partial charge in [-0.2, -0.15) is 0 Å². The van der Waals surface area contributed by atoms with E-state index in [1.165, 1.54) is 0 Å². The minimum atomic E-state index is -0.206. The van der Waals surface area contributed by atoms with Crippen molar-refractivity contribution in [3.8, 4) is 11.5 Å². The molecule has 1 aliphatic carbocycles. The third kappa shape index (κ3) is 5.32. The molecule has 3 rings (SSSR count). The molecule has 0 aliphatic heterocycles. The Hall–Kier alpha value is -3.02. The number of rotatable bonds is 9. The Kier molecular flexibility index (Phi) is 6.98. The first-order chi connectivity index (χ1) is 14.4. The molecule has 2 aromatic carbocycles. The van der Waals surface area contributed by atoms with Crippen molar-refractivity contribution in [2.45, 2.75) is 39.7 Å². The van der Waals surface area contributed by atoms with Gasteiger partial charge in [0.15, 0.2) is 11.5 Å². The van der Waals surface area contributed by atoms with Crippen molar-refractivity contribution in [1.29, 1.82) is 0 Å². The van der Waals surface area contributed by atoms with E-state index in [9.17, 15) is 9.59 Å². The van der Waals surface area contributed by atoms with Gasteiger partial charge in [0.2, 0.25) is 5.91 Å². The Bertz CT molecular complexity index is 895. The van der Waals surface area contributed by atoms with Crippen LogP contribution in [-0.2, 0) is 4.79 Å². The number of anilines is 1. The Balaban J connectivity index is 1.60. The number of hydrogen-bond donors (Lipinski definition) is 2. The van der Waals surface area contributed by atoms with Crippen molar-refractivity contribution in [2.24, 2.45) is 11.8 Å². The van der Waals surface area contributed by atoms with Crippen molar-refractivity contribution >= 4 is 17.5 Å². The summed E-state index contributed by atoms with van der Waals surface area (Å²) in [7, 11) is 1.60. The van der Waals surface area contributed by atoms with Crippen LogP contribution in [-0.4, -0.2) is 25.5 Å². The fourth-order valence-corrected chi connectivity index (χ4v) is 3.28. The molecule has 2 N–H and O–H groups in total. The molecule has 0 bridgehead atoms. The molecule has 0 heterocycles. The van der Waals surface area contributed by atoms with Crippen LogP contribution in [0.5, 0.6) is 11.5 Å². The van der Waals surface area contributed by atoms with E-state index in [0.717, 1.165) is 18.4 Å². The van der Waals surface area contributed by atoms with Gasteiger partial charge >= 0.3 is 0 Å². The lowest BCUT2D eigenvalue weighted by Crippen LogP contribution is -2.26. The van der Waals surface area contributed by atoms with Crippen LogP contribution in [0.25, 0.3) is 0 Å². The maximum atomic E-state index is 12.6. The molecule has 0 saturated heterocycles. The fraction of sp³-hybridized carbons (Fsp3) is 0.417. The first-order valence-electron chi connectivity index (χ1n) is 10.5. The SMILES string of the molecule is CCCOc1ccc(C(C)NC(=O)c2ccc(NC(=O)C3CC3C)cc2)cc1OC. The lowest BCUT2D eigenvalue weighted by Gasteiger charge is -2.17. The number of ether oxygens (including phenoxy) is 2. The van der Waals surface area contributed by atoms with Crippen LogP contribution in [0.2, 0.25) is 0 Å². The summed E-state index contributed by atoms with van der Waals surface area (Å²) in [4.78, 5) is 24.7. The number of benzene rings is 2. The van der Waals surface area contributed by atoms with Crippen LogP contribution in [0.1, 0.15) is 55.6 Å². The van der Waals surface area contributed by atoms with Gasteiger partial charge in [-0.05, 0) is 67.6 Å². The summed E-state index contributed by atoms with van der Waals surface area (Å²) in [6.07, 6.45) is 1.86. The van der Waals surface area contributed by atoms with Crippen LogP contribution in [0.4, 0.5) is 5.69 Å². The van der Waals surface area contributed by atoms with Crippen molar-refractivity contribution in [3.63, 3.8) is 0 Å². The predicted molar refractivity (Wildman–Crippen MR) is 117 cm³/mol. The summed E-state index contributed by atoms with van der Waals surface area (Å²) in [6, 6.07) is 12.4. The molecule has 1 aliphatic rings. The molecular formula is C24H30N2O4. The molecule has 6 nitrogen and oxygen atoms in total. The van der Waals surface area contributed by atoms with E-state index in [-0.39, 0.29) is 23.8 Å². The van der Waals surface area contributed by atoms with Gasteiger partial charge in [-0.25, -0.2) is 0 Å². The maximum Gasteiger partial charge on any atom is 0.251 e. The molecule has 1 fully saturated rings. The zero-order valence-corrected chi connectivity index (χ0v) is 18.0. The van der Waals surface area contributed by atoms with Crippen LogP contribution < -0.4 is 20.1 Å². The quantitative estimate of drug-likeness (QED) is 0.635. The minimum Gasteiger partial charge on any atom is -0.493 e. The molecule has 30 heavy (non-hydrogen) atoms. The third-order valence-electron chi connectivity index (χ3n) is 5.36. The van der Waals surface area contributed by atoms with Crippen LogP contribution in [0.15, 0.2) is 42.5 Å². The first kappa shape index (κ1) is 21.7.